The van der Waals surface area contributed by atoms with E-state index in [4.69, 9.17) is 4.74 Å². The Morgan fingerprint density at radius 1 is 1.50 bits per heavy atom. The van der Waals surface area contributed by atoms with E-state index in [9.17, 15) is 4.79 Å². The average Bonchev–Trinajstić information content (AvgIpc) is 2.94. The van der Waals surface area contributed by atoms with Gasteiger partial charge in [0.15, 0.2) is 5.96 Å². The molecule has 122 valence electrons. The molecule has 1 saturated heterocycles. The number of nitrogens with zero attached hydrogens (tertiary/aromatic N) is 4. The Kier molecular flexibility index (Phi) is 5.76. The van der Waals surface area contributed by atoms with Crippen LogP contribution in [0.3, 0.4) is 0 Å². The summed E-state index contributed by atoms with van der Waals surface area (Å²) in [7, 11) is 3.65. The van der Waals surface area contributed by atoms with Crippen LogP contribution in [0.5, 0.6) is 0 Å². The first-order valence-corrected chi connectivity index (χ1v) is 7.40. The number of nitrogens with one attached hydrogen (secondary N) is 2. The third-order valence-corrected chi connectivity index (χ3v) is 3.46. The molecule has 0 spiro atoms. The van der Waals surface area contributed by atoms with E-state index in [-0.39, 0.29) is 12.0 Å². The molecule has 1 unspecified atom stereocenters. The third-order valence-electron chi connectivity index (χ3n) is 3.46. The van der Waals surface area contributed by atoms with Crippen molar-refractivity contribution in [1.82, 2.24) is 25.3 Å². The number of guanidine groups is 1. The van der Waals surface area contributed by atoms with Gasteiger partial charge in [-0.2, -0.15) is 5.10 Å². The summed E-state index contributed by atoms with van der Waals surface area (Å²) in [4.78, 5) is 17.3. The fourth-order valence-corrected chi connectivity index (χ4v) is 2.39. The molecule has 1 fully saturated rings. The van der Waals surface area contributed by atoms with Crippen LogP contribution < -0.4 is 10.6 Å². The average molecular weight is 308 g/mol. The molecule has 1 aromatic rings. The van der Waals surface area contributed by atoms with Crippen molar-refractivity contribution in [2.75, 3.05) is 39.8 Å². The molecule has 0 bridgehead atoms. The zero-order valence-electron chi connectivity index (χ0n) is 13.4. The predicted octanol–water partition coefficient (Wildman–Crippen LogP) is -0.495. The molecular weight excluding hydrogens is 284 g/mol. The molecule has 1 aliphatic rings. The SMILES string of the molecule is CN=C(NCCNC(C)=O)N1CCOC(c2cnn(C)c2)C1. The van der Waals surface area contributed by atoms with Crippen LogP contribution in [0.15, 0.2) is 17.4 Å². The Morgan fingerprint density at radius 3 is 2.91 bits per heavy atom. The highest BCUT2D eigenvalue weighted by Gasteiger charge is 2.24. The topological polar surface area (TPSA) is 83.8 Å². The van der Waals surface area contributed by atoms with E-state index < -0.39 is 0 Å². The molecule has 1 aliphatic heterocycles. The first kappa shape index (κ1) is 16.3. The van der Waals surface area contributed by atoms with Gasteiger partial charge in [-0.3, -0.25) is 14.5 Å². The Balaban J connectivity index is 1.88. The molecule has 0 radical (unpaired) electrons. The first-order valence-electron chi connectivity index (χ1n) is 7.40. The fraction of sp³-hybridized carbons (Fsp3) is 0.643. The second-order valence-electron chi connectivity index (χ2n) is 5.21. The van der Waals surface area contributed by atoms with Gasteiger partial charge in [-0.1, -0.05) is 0 Å². The monoisotopic (exact) mass is 308 g/mol. The Labute approximate surface area is 130 Å². The third kappa shape index (κ3) is 4.45. The highest BCUT2D eigenvalue weighted by Crippen LogP contribution is 2.21. The molecule has 0 aliphatic carbocycles. The normalized spacial score (nSPS) is 19.1. The lowest BCUT2D eigenvalue weighted by atomic mass is 10.1. The maximum Gasteiger partial charge on any atom is 0.216 e. The summed E-state index contributed by atoms with van der Waals surface area (Å²) in [5.41, 5.74) is 1.07. The number of aromatic nitrogens is 2. The maximum absolute atomic E-state index is 10.9. The van der Waals surface area contributed by atoms with Crippen molar-refractivity contribution in [3.63, 3.8) is 0 Å². The van der Waals surface area contributed by atoms with E-state index in [1.54, 1.807) is 11.7 Å². The van der Waals surface area contributed by atoms with Crippen molar-refractivity contribution in [2.24, 2.45) is 12.0 Å². The van der Waals surface area contributed by atoms with Crippen LogP contribution in [0.2, 0.25) is 0 Å². The molecule has 2 heterocycles. The maximum atomic E-state index is 10.9. The number of carbonyl (C=O) groups excluding carboxylic acids is 1. The second-order valence-corrected chi connectivity index (χ2v) is 5.21. The summed E-state index contributed by atoms with van der Waals surface area (Å²) in [6.45, 7) is 4.88. The van der Waals surface area contributed by atoms with Gasteiger partial charge in [0.25, 0.3) is 0 Å². The molecule has 2 N–H and O–H groups in total. The minimum absolute atomic E-state index is 0.00338. The smallest absolute Gasteiger partial charge is 0.216 e. The summed E-state index contributed by atoms with van der Waals surface area (Å²) in [6.07, 6.45) is 3.80. The number of aryl methyl sites for hydroxylation is 1. The number of carbonyl (C=O) groups is 1. The lowest BCUT2D eigenvalue weighted by molar-refractivity contribution is -0.118. The van der Waals surface area contributed by atoms with E-state index in [2.05, 4.69) is 25.6 Å². The van der Waals surface area contributed by atoms with Crippen LogP contribution in [-0.2, 0) is 16.6 Å². The minimum Gasteiger partial charge on any atom is -0.370 e. The van der Waals surface area contributed by atoms with Crippen molar-refractivity contribution in [2.45, 2.75) is 13.0 Å². The fourth-order valence-electron chi connectivity index (χ4n) is 2.39. The van der Waals surface area contributed by atoms with Gasteiger partial charge in [-0.15, -0.1) is 0 Å². The van der Waals surface area contributed by atoms with E-state index >= 15 is 0 Å². The molecule has 8 nitrogen and oxygen atoms in total. The van der Waals surface area contributed by atoms with Crippen molar-refractivity contribution in [3.8, 4) is 0 Å². The number of morpholine rings is 1. The van der Waals surface area contributed by atoms with Gasteiger partial charge in [-0.25, -0.2) is 0 Å². The van der Waals surface area contributed by atoms with E-state index in [0.29, 0.717) is 19.7 Å². The van der Waals surface area contributed by atoms with Crippen molar-refractivity contribution >= 4 is 11.9 Å². The number of rotatable bonds is 4. The van der Waals surface area contributed by atoms with Crippen LogP contribution in [-0.4, -0.2) is 66.4 Å². The first-order chi connectivity index (χ1) is 10.6. The zero-order valence-corrected chi connectivity index (χ0v) is 13.4. The molecule has 1 aromatic heterocycles. The largest absolute Gasteiger partial charge is 0.370 e. The van der Waals surface area contributed by atoms with Crippen LogP contribution >= 0.6 is 0 Å². The number of hydrogen-bond donors (Lipinski definition) is 2. The number of aliphatic imine (C=N–C) groups is 1. The van der Waals surface area contributed by atoms with Crippen LogP contribution in [0.25, 0.3) is 0 Å². The molecule has 1 atom stereocenters. The van der Waals surface area contributed by atoms with Gasteiger partial charge >= 0.3 is 0 Å². The summed E-state index contributed by atoms with van der Waals surface area (Å²) >= 11 is 0. The summed E-state index contributed by atoms with van der Waals surface area (Å²) < 4.78 is 7.60. The quantitative estimate of drug-likeness (QED) is 0.445. The van der Waals surface area contributed by atoms with E-state index in [1.807, 2.05) is 19.4 Å². The summed E-state index contributed by atoms with van der Waals surface area (Å²) in [6, 6.07) is 0. The molecule has 22 heavy (non-hydrogen) atoms. The molecule has 0 aromatic carbocycles. The number of hydrogen-bond acceptors (Lipinski definition) is 4. The minimum atomic E-state index is -0.0280. The number of amides is 1. The van der Waals surface area contributed by atoms with Crippen LogP contribution in [0, 0.1) is 0 Å². The number of ether oxygens (including phenoxy) is 1. The Bertz CT molecular complexity index is 527. The van der Waals surface area contributed by atoms with Gasteiger partial charge in [0.1, 0.15) is 6.10 Å². The van der Waals surface area contributed by atoms with Gasteiger partial charge in [0, 0.05) is 52.4 Å². The molecule has 8 heteroatoms. The van der Waals surface area contributed by atoms with Gasteiger partial charge in [0.2, 0.25) is 5.91 Å². The van der Waals surface area contributed by atoms with Crippen LogP contribution in [0.4, 0.5) is 0 Å². The highest BCUT2D eigenvalue weighted by molar-refractivity contribution is 5.80. The van der Waals surface area contributed by atoms with Crippen LogP contribution in [0.1, 0.15) is 18.6 Å². The highest BCUT2D eigenvalue weighted by atomic mass is 16.5. The van der Waals surface area contributed by atoms with Crippen molar-refractivity contribution < 1.29 is 9.53 Å². The van der Waals surface area contributed by atoms with Crippen molar-refractivity contribution in [1.29, 1.82) is 0 Å². The Hall–Kier alpha value is -2.09. The molecule has 1 amide bonds. The molecule has 0 saturated carbocycles. The van der Waals surface area contributed by atoms with Crippen molar-refractivity contribution in [3.05, 3.63) is 18.0 Å². The Morgan fingerprint density at radius 2 is 2.27 bits per heavy atom. The lowest BCUT2D eigenvalue weighted by Crippen LogP contribution is -2.49. The molecule has 2 rings (SSSR count). The standard InChI is InChI=1S/C14H24N6O2/c1-11(21)16-4-5-17-14(15-2)20-6-7-22-13(10-20)12-8-18-19(3)9-12/h8-9,13H,4-7,10H2,1-3H3,(H,15,17)(H,16,21). The summed E-state index contributed by atoms with van der Waals surface area (Å²) in [5, 5.41) is 10.2. The second kappa shape index (κ2) is 7.79. The van der Waals surface area contributed by atoms with Gasteiger partial charge < -0.3 is 20.3 Å². The van der Waals surface area contributed by atoms with E-state index in [1.165, 1.54) is 6.92 Å². The molecular formula is C14H24N6O2. The summed E-state index contributed by atoms with van der Waals surface area (Å²) in [5.74, 6) is 0.794. The van der Waals surface area contributed by atoms with Gasteiger partial charge in [-0.05, 0) is 0 Å². The zero-order chi connectivity index (χ0) is 15.9. The predicted molar refractivity (Wildman–Crippen MR) is 83.5 cm³/mol. The lowest BCUT2D eigenvalue weighted by Gasteiger charge is -2.34. The van der Waals surface area contributed by atoms with Gasteiger partial charge in [0.05, 0.1) is 19.3 Å². The van der Waals surface area contributed by atoms with E-state index in [0.717, 1.165) is 24.6 Å².